The van der Waals surface area contributed by atoms with Gasteiger partial charge in [-0.25, -0.2) is 0 Å². The van der Waals surface area contributed by atoms with Crippen LogP contribution in [0.1, 0.15) is 23.6 Å². The van der Waals surface area contributed by atoms with Gasteiger partial charge in [0, 0.05) is 15.5 Å². The van der Waals surface area contributed by atoms with E-state index in [1.54, 1.807) is 0 Å². The molecule has 0 aliphatic heterocycles. The molecule has 0 heterocycles. The minimum Gasteiger partial charge on any atom is -0.457 e. The van der Waals surface area contributed by atoms with E-state index < -0.39 is 0 Å². The largest absolute Gasteiger partial charge is 0.457 e. The SMILES string of the molecule is Cc1cc(Oc2ccc(Cl)cc2CC(C)N)cc(C)c1Br. The summed E-state index contributed by atoms with van der Waals surface area (Å²) in [5.41, 5.74) is 9.22. The Morgan fingerprint density at radius 3 is 2.38 bits per heavy atom. The first-order chi connectivity index (χ1) is 9.86. The summed E-state index contributed by atoms with van der Waals surface area (Å²) < 4.78 is 7.16. The van der Waals surface area contributed by atoms with Crippen molar-refractivity contribution in [3.63, 3.8) is 0 Å². The fourth-order valence-electron chi connectivity index (χ4n) is 2.25. The minimum atomic E-state index is 0.0548. The van der Waals surface area contributed by atoms with Crippen LogP contribution in [0.25, 0.3) is 0 Å². The zero-order valence-electron chi connectivity index (χ0n) is 12.4. The molecule has 0 radical (unpaired) electrons. The fraction of sp³-hybridized carbons (Fsp3) is 0.294. The molecule has 4 heteroatoms. The van der Waals surface area contributed by atoms with Crippen LogP contribution in [0.2, 0.25) is 5.02 Å². The second-order valence-electron chi connectivity index (χ2n) is 5.41. The van der Waals surface area contributed by atoms with E-state index in [1.807, 2.05) is 37.3 Å². The first-order valence-electron chi connectivity index (χ1n) is 6.85. The average Bonchev–Trinajstić information content (AvgIpc) is 2.38. The van der Waals surface area contributed by atoms with Gasteiger partial charge in [0.2, 0.25) is 0 Å². The van der Waals surface area contributed by atoms with Crippen LogP contribution in [0.5, 0.6) is 11.5 Å². The second kappa shape index (κ2) is 6.82. The van der Waals surface area contributed by atoms with Gasteiger partial charge in [-0.2, -0.15) is 0 Å². The normalized spacial score (nSPS) is 12.3. The molecule has 112 valence electrons. The number of nitrogens with two attached hydrogens (primary N) is 1. The zero-order chi connectivity index (χ0) is 15.6. The van der Waals surface area contributed by atoms with E-state index in [2.05, 4.69) is 29.8 Å². The smallest absolute Gasteiger partial charge is 0.130 e. The van der Waals surface area contributed by atoms with Crippen LogP contribution in [-0.2, 0) is 6.42 Å². The molecular formula is C17H19BrClNO. The Balaban J connectivity index is 2.35. The molecule has 0 aliphatic carbocycles. The number of halogens is 2. The van der Waals surface area contributed by atoms with Crippen LogP contribution in [0.15, 0.2) is 34.8 Å². The van der Waals surface area contributed by atoms with Gasteiger partial charge in [-0.1, -0.05) is 27.5 Å². The molecule has 0 bridgehead atoms. The molecule has 2 N–H and O–H groups in total. The Hall–Kier alpha value is -1.03. The van der Waals surface area contributed by atoms with Crippen molar-refractivity contribution < 1.29 is 4.74 Å². The standard InChI is InChI=1S/C17H19BrClNO/c1-10-6-15(7-11(2)17(10)18)21-16-5-4-14(19)9-13(16)8-12(3)20/h4-7,9,12H,8,20H2,1-3H3. The Morgan fingerprint density at radius 1 is 1.19 bits per heavy atom. The van der Waals surface area contributed by atoms with E-state index in [4.69, 9.17) is 22.1 Å². The Bertz CT molecular complexity index is 632. The van der Waals surface area contributed by atoms with Crippen molar-refractivity contribution in [3.05, 3.63) is 56.5 Å². The van der Waals surface area contributed by atoms with Gasteiger partial charge in [-0.3, -0.25) is 0 Å². The van der Waals surface area contributed by atoms with E-state index in [0.29, 0.717) is 5.02 Å². The van der Waals surface area contributed by atoms with E-state index in [-0.39, 0.29) is 6.04 Å². The second-order valence-corrected chi connectivity index (χ2v) is 6.64. The van der Waals surface area contributed by atoms with Crippen molar-refractivity contribution in [1.29, 1.82) is 0 Å². The summed E-state index contributed by atoms with van der Waals surface area (Å²) in [4.78, 5) is 0. The molecule has 0 saturated carbocycles. The number of rotatable bonds is 4. The van der Waals surface area contributed by atoms with E-state index in [1.165, 1.54) is 0 Å². The summed E-state index contributed by atoms with van der Waals surface area (Å²) in [5.74, 6) is 1.62. The van der Waals surface area contributed by atoms with Crippen molar-refractivity contribution >= 4 is 27.5 Å². The zero-order valence-corrected chi connectivity index (χ0v) is 14.8. The van der Waals surface area contributed by atoms with Crippen LogP contribution in [0.4, 0.5) is 0 Å². The van der Waals surface area contributed by atoms with Crippen molar-refractivity contribution in [2.45, 2.75) is 33.2 Å². The molecule has 2 nitrogen and oxygen atoms in total. The average molecular weight is 369 g/mol. The molecule has 1 unspecified atom stereocenters. The van der Waals surface area contributed by atoms with Gasteiger partial charge in [0.25, 0.3) is 0 Å². The van der Waals surface area contributed by atoms with Gasteiger partial charge in [0.05, 0.1) is 0 Å². The number of benzene rings is 2. The summed E-state index contributed by atoms with van der Waals surface area (Å²) in [6.07, 6.45) is 0.727. The van der Waals surface area contributed by atoms with Crippen molar-refractivity contribution in [1.82, 2.24) is 0 Å². The van der Waals surface area contributed by atoms with Gasteiger partial charge < -0.3 is 10.5 Å². The maximum Gasteiger partial charge on any atom is 0.130 e. The number of hydrogen-bond acceptors (Lipinski definition) is 2. The van der Waals surface area contributed by atoms with Crippen LogP contribution in [-0.4, -0.2) is 6.04 Å². The van der Waals surface area contributed by atoms with E-state index in [9.17, 15) is 0 Å². The first kappa shape index (κ1) is 16.3. The van der Waals surface area contributed by atoms with Gasteiger partial charge >= 0.3 is 0 Å². The monoisotopic (exact) mass is 367 g/mol. The number of aryl methyl sites for hydroxylation is 2. The first-order valence-corrected chi connectivity index (χ1v) is 8.02. The maximum absolute atomic E-state index is 6.07. The predicted octanol–water partition coefficient (Wildman–Crippen LogP) is 5.40. The molecule has 0 aromatic heterocycles. The molecule has 1 atom stereocenters. The van der Waals surface area contributed by atoms with Crippen LogP contribution < -0.4 is 10.5 Å². The van der Waals surface area contributed by atoms with E-state index in [0.717, 1.165) is 39.1 Å². The molecule has 0 spiro atoms. The third-order valence-corrected chi connectivity index (χ3v) is 4.69. The Kier molecular flexibility index (Phi) is 5.31. The van der Waals surface area contributed by atoms with Crippen molar-refractivity contribution in [3.8, 4) is 11.5 Å². The van der Waals surface area contributed by atoms with Gasteiger partial charge in [-0.05, 0) is 74.2 Å². The van der Waals surface area contributed by atoms with Crippen LogP contribution in [0, 0.1) is 13.8 Å². The highest BCUT2D eigenvalue weighted by molar-refractivity contribution is 9.10. The lowest BCUT2D eigenvalue weighted by atomic mass is 10.1. The van der Waals surface area contributed by atoms with Crippen molar-refractivity contribution in [2.24, 2.45) is 5.73 Å². The molecule has 0 aliphatic rings. The lowest BCUT2D eigenvalue weighted by Gasteiger charge is -2.15. The quantitative estimate of drug-likeness (QED) is 0.784. The van der Waals surface area contributed by atoms with Gasteiger partial charge in [-0.15, -0.1) is 0 Å². The topological polar surface area (TPSA) is 35.2 Å². The number of hydrogen-bond donors (Lipinski definition) is 1. The van der Waals surface area contributed by atoms with Crippen molar-refractivity contribution in [2.75, 3.05) is 0 Å². The molecule has 0 saturated heterocycles. The molecule has 2 aromatic carbocycles. The maximum atomic E-state index is 6.07. The molecular weight excluding hydrogens is 350 g/mol. The van der Waals surface area contributed by atoms with Gasteiger partial charge in [0.15, 0.2) is 0 Å². The Morgan fingerprint density at radius 2 is 1.81 bits per heavy atom. The summed E-state index contributed by atoms with van der Waals surface area (Å²) >= 11 is 9.64. The molecule has 2 rings (SSSR count). The molecule has 0 fully saturated rings. The molecule has 0 amide bonds. The highest BCUT2D eigenvalue weighted by Gasteiger charge is 2.10. The summed E-state index contributed by atoms with van der Waals surface area (Å²) in [7, 11) is 0. The third-order valence-electron chi connectivity index (χ3n) is 3.20. The Labute approximate surface area is 139 Å². The third kappa shape index (κ3) is 4.22. The molecule has 2 aromatic rings. The highest BCUT2D eigenvalue weighted by atomic mass is 79.9. The lowest BCUT2D eigenvalue weighted by molar-refractivity contribution is 0.473. The molecule has 21 heavy (non-hydrogen) atoms. The number of ether oxygens (including phenoxy) is 1. The van der Waals surface area contributed by atoms with Crippen LogP contribution >= 0.6 is 27.5 Å². The fourth-order valence-corrected chi connectivity index (χ4v) is 2.67. The van der Waals surface area contributed by atoms with E-state index >= 15 is 0 Å². The van der Waals surface area contributed by atoms with Gasteiger partial charge in [0.1, 0.15) is 11.5 Å². The summed E-state index contributed by atoms with van der Waals surface area (Å²) in [5, 5.41) is 0.696. The highest BCUT2D eigenvalue weighted by Crippen LogP contribution is 2.32. The summed E-state index contributed by atoms with van der Waals surface area (Å²) in [6.45, 7) is 6.07. The summed E-state index contributed by atoms with van der Waals surface area (Å²) in [6, 6.07) is 9.73. The lowest BCUT2D eigenvalue weighted by Crippen LogP contribution is -2.18. The predicted molar refractivity (Wildman–Crippen MR) is 92.5 cm³/mol. The van der Waals surface area contributed by atoms with Crippen LogP contribution in [0.3, 0.4) is 0 Å². The minimum absolute atomic E-state index is 0.0548.